The Labute approximate surface area is 150 Å². The lowest BCUT2D eigenvalue weighted by Gasteiger charge is -2.13. The van der Waals surface area contributed by atoms with Gasteiger partial charge in [-0.25, -0.2) is 4.99 Å². The van der Waals surface area contributed by atoms with E-state index in [1.54, 1.807) is 0 Å². The molecule has 0 aliphatic heterocycles. The molecule has 0 bridgehead atoms. The van der Waals surface area contributed by atoms with Crippen molar-refractivity contribution in [1.29, 1.82) is 0 Å². The van der Waals surface area contributed by atoms with Crippen molar-refractivity contribution in [3.05, 3.63) is 64.4 Å². The van der Waals surface area contributed by atoms with Crippen molar-refractivity contribution in [2.24, 2.45) is 0 Å². The summed E-state index contributed by atoms with van der Waals surface area (Å²) in [5, 5.41) is 2.30. The minimum atomic E-state index is 0.562. The average Bonchev–Trinajstić information content (AvgIpc) is 2.63. The zero-order valence-corrected chi connectivity index (χ0v) is 15.2. The number of hydrogen-bond acceptors (Lipinski definition) is 1. The molecule has 122 valence electrons. The van der Waals surface area contributed by atoms with Gasteiger partial charge in [0, 0.05) is 22.9 Å². The van der Waals surface area contributed by atoms with Gasteiger partial charge in [-0.2, -0.15) is 0 Å². The van der Waals surface area contributed by atoms with Crippen molar-refractivity contribution in [3.8, 4) is 11.3 Å². The Hall–Kier alpha value is -1.87. The smallest absolute Gasteiger partial charge is 0.213 e. The highest BCUT2D eigenvalue weighted by molar-refractivity contribution is 9.10. The van der Waals surface area contributed by atoms with Gasteiger partial charge in [0.1, 0.15) is 11.3 Å². The van der Waals surface area contributed by atoms with Gasteiger partial charge in [-0.3, -0.25) is 0 Å². The Bertz CT molecular complexity index is 908. The molecule has 1 aromatic heterocycles. The van der Waals surface area contributed by atoms with E-state index in [2.05, 4.69) is 45.2 Å². The molecule has 1 heterocycles. The fourth-order valence-corrected chi connectivity index (χ4v) is 3.85. The summed E-state index contributed by atoms with van der Waals surface area (Å²) in [5.41, 5.74) is 2.02. The maximum Gasteiger partial charge on any atom is 0.213 e. The Morgan fingerprint density at radius 3 is 2.50 bits per heavy atom. The standard InChI is InChI=1S/C21H20BrNO/c22-16-11-12-20-18(13-16)19(23-17-9-5-2-6-10-17)14-21(24-20)15-7-3-1-4-8-15/h1,3-4,7-8,11-14,17H,2,5-6,9-10H2/p+1. The first-order valence-corrected chi connectivity index (χ1v) is 9.47. The summed E-state index contributed by atoms with van der Waals surface area (Å²) in [6, 6.07) is 19.2. The summed E-state index contributed by atoms with van der Waals surface area (Å²) in [5.74, 6) is 0.906. The zero-order valence-electron chi connectivity index (χ0n) is 13.6. The van der Waals surface area contributed by atoms with E-state index in [0.29, 0.717) is 6.04 Å². The first kappa shape index (κ1) is 15.6. The minimum Gasteiger partial charge on any atom is -0.456 e. The quantitative estimate of drug-likeness (QED) is 0.707. The third-order valence-electron chi connectivity index (χ3n) is 4.75. The maximum atomic E-state index is 6.17. The molecule has 1 fully saturated rings. The molecule has 4 rings (SSSR count). The van der Waals surface area contributed by atoms with E-state index in [0.717, 1.165) is 26.8 Å². The van der Waals surface area contributed by atoms with Crippen LogP contribution in [-0.4, -0.2) is 6.04 Å². The normalized spacial score (nSPS) is 16.6. The molecule has 0 atom stereocenters. The fourth-order valence-electron chi connectivity index (χ4n) is 3.49. The van der Waals surface area contributed by atoms with Gasteiger partial charge in [-0.05, 0) is 31.0 Å². The van der Waals surface area contributed by atoms with Crippen LogP contribution in [0.5, 0.6) is 0 Å². The first-order valence-electron chi connectivity index (χ1n) is 8.68. The van der Waals surface area contributed by atoms with Crippen LogP contribution in [0, 0.1) is 0 Å². The monoisotopic (exact) mass is 382 g/mol. The van der Waals surface area contributed by atoms with Gasteiger partial charge < -0.3 is 4.42 Å². The van der Waals surface area contributed by atoms with Crippen LogP contribution in [0.25, 0.3) is 22.3 Å². The van der Waals surface area contributed by atoms with Gasteiger partial charge in [0.25, 0.3) is 0 Å². The number of hydrogen-bond donors (Lipinski definition) is 1. The molecule has 3 aromatic rings. The van der Waals surface area contributed by atoms with Crippen LogP contribution in [0.3, 0.4) is 0 Å². The molecule has 1 N–H and O–H groups in total. The van der Waals surface area contributed by atoms with Crippen LogP contribution >= 0.6 is 15.9 Å². The van der Waals surface area contributed by atoms with Crippen molar-refractivity contribution < 1.29 is 9.41 Å². The van der Waals surface area contributed by atoms with Crippen LogP contribution in [0.2, 0.25) is 0 Å². The van der Waals surface area contributed by atoms with Gasteiger partial charge in [-0.1, -0.05) is 52.7 Å². The largest absolute Gasteiger partial charge is 0.456 e. The highest BCUT2D eigenvalue weighted by atomic mass is 79.9. The van der Waals surface area contributed by atoms with Gasteiger partial charge in [-0.15, -0.1) is 0 Å². The van der Waals surface area contributed by atoms with Crippen molar-refractivity contribution in [2.75, 3.05) is 0 Å². The Balaban J connectivity index is 1.91. The number of rotatable bonds is 2. The second kappa shape index (κ2) is 6.94. The van der Waals surface area contributed by atoms with Gasteiger partial charge in [0.2, 0.25) is 5.36 Å². The zero-order chi connectivity index (χ0) is 16.4. The van der Waals surface area contributed by atoms with Crippen LogP contribution in [-0.2, 0) is 0 Å². The molecule has 0 amide bonds. The molecule has 0 spiro atoms. The van der Waals surface area contributed by atoms with Gasteiger partial charge in [0.15, 0.2) is 6.04 Å². The van der Waals surface area contributed by atoms with Crippen LogP contribution in [0.15, 0.2) is 63.5 Å². The van der Waals surface area contributed by atoms with Crippen LogP contribution in [0.1, 0.15) is 32.1 Å². The third kappa shape index (κ3) is 3.32. The summed E-state index contributed by atoms with van der Waals surface area (Å²) in [6.07, 6.45) is 6.51. The topological polar surface area (TPSA) is 27.1 Å². The third-order valence-corrected chi connectivity index (χ3v) is 5.24. The predicted molar refractivity (Wildman–Crippen MR) is 100 cm³/mol. The molecule has 2 nitrogen and oxygen atoms in total. The van der Waals surface area contributed by atoms with E-state index in [4.69, 9.17) is 4.42 Å². The lowest BCUT2D eigenvalue weighted by Crippen LogP contribution is -2.83. The molecule has 0 radical (unpaired) electrons. The molecule has 0 unspecified atom stereocenters. The number of benzene rings is 2. The van der Waals surface area contributed by atoms with Crippen molar-refractivity contribution in [2.45, 2.75) is 38.1 Å². The van der Waals surface area contributed by atoms with E-state index in [9.17, 15) is 0 Å². The van der Waals surface area contributed by atoms with E-state index in [1.807, 2.05) is 30.3 Å². The Morgan fingerprint density at radius 2 is 1.71 bits per heavy atom. The first-order chi connectivity index (χ1) is 11.8. The van der Waals surface area contributed by atoms with E-state index in [1.165, 1.54) is 37.5 Å². The molecular formula is C21H21BrNO+. The van der Waals surface area contributed by atoms with E-state index in [-0.39, 0.29) is 0 Å². The summed E-state index contributed by atoms with van der Waals surface area (Å²) < 4.78 is 7.25. The molecule has 1 aliphatic carbocycles. The number of nitrogens with one attached hydrogen (secondary N) is 1. The fraction of sp³-hybridized carbons (Fsp3) is 0.286. The van der Waals surface area contributed by atoms with Gasteiger partial charge in [0.05, 0.1) is 11.5 Å². The lowest BCUT2D eigenvalue weighted by atomic mass is 9.96. The Kier molecular flexibility index (Phi) is 4.52. The second-order valence-electron chi connectivity index (χ2n) is 6.51. The van der Waals surface area contributed by atoms with E-state index < -0.39 is 0 Å². The predicted octanol–water partition coefficient (Wildman–Crippen LogP) is 4.18. The second-order valence-corrected chi connectivity index (χ2v) is 7.43. The Morgan fingerprint density at radius 1 is 0.917 bits per heavy atom. The highest BCUT2D eigenvalue weighted by Gasteiger charge is 2.17. The molecular weight excluding hydrogens is 362 g/mol. The maximum absolute atomic E-state index is 6.17. The lowest BCUT2D eigenvalue weighted by molar-refractivity contribution is -0.546. The highest BCUT2D eigenvalue weighted by Crippen LogP contribution is 2.23. The van der Waals surface area contributed by atoms with Gasteiger partial charge >= 0.3 is 0 Å². The molecule has 0 saturated heterocycles. The summed E-state index contributed by atoms with van der Waals surface area (Å²) in [6.45, 7) is 0. The van der Waals surface area contributed by atoms with Crippen molar-refractivity contribution >= 4 is 26.9 Å². The molecule has 1 saturated carbocycles. The molecule has 2 aromatic carbocycles. The van der Waals surface area contributed by atoms with Crippen molar-refractivity contribution in [3.63, 3.8) is 0 Å². The average molecular weight is 383 g/mol. The minimum absolute atomic E-state index is 0.562. The summed E-state index contributed by atoms with van der Waals surface area (Å²) in [4.78, 5) is 3.78. The molecule has 1 aliphatic rings. The van der Waals surface area contributed by atoms with E-state index >= 15 is 0 Å². The SMILES string of the molecule is Brc1ccc2oc(-c3ccccc3)cc(=[NH+]C3CCCCC3)c2c1. The summed E-state index contributed by atoms with van der Waals surface area (Å²) in [7, 11) is 0. The van der Waals surface area contributed by atoms with Crippen molar-refractivity contribution in [1.82, 2.24) is 0 Å². The molecule has 3 heteroatoms. The molecule has 24 heavy (non-hydrogen) atoms. The number of halogens is 1. The summed E-state index contributed by atoms with van der Waals surface area (Å²) >= 11 is 3.59. The van der Waals surface area contributed by atoms with Crippen LogP contribution in [0.4, 0.5) is 0 Å². The van der Waals surface area contributed by atoms with Crippen LogP contribution < -0.4 is 10.3 Å². The number of fused-ring (bicyclic) bond motifs is 1.